The van der Waals surface area contributed by atoms with E-state index in [4.69, 9.17) is 46.9 Å². The average molecular weight is 1850 g/mol. The Bertz CT molecular complexity index is 6230. The van der Waals surface area contributed by atoms with Gasteiger partial charge in [-0.15, -0.1) is 0 Å². The fraction of sp³-hybridized carbons (Fsp3) is 0.434. The lowest BCUT2D eigenvalue weighted by molar-refractivity contribution is -0.386. The third-order valence-electron chi connectivity index (χ3n) is 27.9. The third kappa shape index (κ3) is 21.2. The minimum Gasteiger partial charge on any atom is -0.493 e. The van der Waals surface area contributed by atoms with Gasteiger partial charge in [-0.25, -0.2) is 36.2 Å². The summed E-state index contributed by atoms with van der Waals surface area (Å²) in [6.07, 6.45) is 23.3. The second-order valence-corrected chi connectivity index (χ2v) is 42.4. The van der Waals surface area contributed by atoms with E-state index in [1.807, 2.05) is 36.4 Å². The molecule has 2 saturated heterocycles. The van der Waals surface area contributed by atoms with Gasteiger partial charge >= 0.3 is 0 Å². The highest BCUT2D eigenvalue weighted by molar-refractivity contribution is 7.90. The quantitative estimate of drug-likeness (QED) is 0.0322. The SMILES string of the molecule is CC1CCC([C@H]2COc3cc(S(=O)(=O)NC(=O)c4ccc(N5CCN(CC6=C(c7ccc(Cl)cc7)CC(C)(C)CC6)CC5)cc4Oc4cnc5[nH]ccc5c4)cc([N+](=O)[O-])c3C2)CC1.COC1CCC(C[C@H]2COc3cc(S(=O)(=O)NC(=O)c4ccc(N5CCN(CC6=C(c7ccc(Cl)cc7)CC(C)(C)CC6)CC5)cc4Oc4cnc5[nH]ccc5c4)cc([N+](=O)[O-])c3C2)CC1. The molecule has 4 N–H and O–H groups in total. The van der Waals surface area contributed by atoms with Crippen molar-refractivity contribution in [2.45, 2.75) is 160 Å². The number of fused-ring (bicyclic) bond motifs is 4. The maximum absolute atomic E-state index is 14.1. The second kappa shape index (κ2) is 38.5. The monoisotopic (exact) mass is 1840 g/mol. The molecule has 8 aliphatic rings. The van der Waals surface area contributed by atoms with Gasteiger partial charge in [-0.3, -0.25) is 39.6 Å². The lowest BCUT2D eigenvalue weighted by Crippen LogP contribution is -2.47. The Morgan fingerprint density at radius 1 is 0.538 bits per heavy atom. The van der Waals surface area contributed by atoms with Gasteiger partial charge in [0.05, 0.1) is 73.6 Å². The van der Waals surface area contributed by atoms with Crippen LogP contribution in [-0.4, -0.2) is 160 Å². The highest BCUT2D eigenvalue weighted by Gasteiger charge is 2.40. The standard InChI is InChI=1S/C50H57ClN6O8S.C49H55ClN6O7S/c1-50(2)16-14-36(44(28-50)34-6-8-37(51)9-7-34)30-55-18-20-56(21-19-55)38-10-13-42(47(25-38)65-40-24-35-15-17-52-48(35)53-29-40)49(58)54-66(61,62)41-26-45(57(59)60)43-23-33(31-64-46(43)27-41)22-32-4-11-39(63-3)12-5-32;1-31-4-6-32(7-5-31)36-23-42-44(56(58)59)25-40(26-45(42)62-30-36)64(60,61)53-48(57)41-13-12-38(24-46(41)63-39-22-34-15-17-51-47(34)52-28-39)55-20-18-54(19-21-55)29-35-14-16-49(2,3)27-43(35)33-8-10-37(50)11-9-33/h6-10,13,15,17,24-27,29,32-33,39H,4-5,11-12,14,16,18-23,28,30-31H2,1-3H3,(H,52,53)(H,54,58);8-13,15,17,22,24-26,28,31-32,36H,4-7,14,16,18-21,23,27,29-30H2,1-3H3,(H,51,52)(H,53,57)/t32?,33-,39?;31?,32?,36-/m11/s1. The number of sulfonamides is 2. The van der Waals surface area contributed by atoms with Gasteiger partial charge in [0.15, 0.2) is 0 Å². The Labute approximate surface area is 768 Å². The first kappa shape index (κ1) is 91.0. The molecule has 0 spiro atoms. The zero-order chi connectivity index (χ0) is 90.9. The van der Waals surface area contributed by atoms with E-state index in [0.29, 0.717) is 77.7 Å². The molecule has 4 fully saturated rings. The molecule has 31 heteroatoms. The topological polar surface area (TPSA) is 329 Å². The van der Waals surface area contributed by atoms with Crippen molar-refractivity contribution in [3.63, 3.8) is 0 Å². The minimum atomic E-state index is -4.62. The molecule has 4 aliphatic carbocycles. The van der Waals surface area contributed by atoms with Crippen molar-refractivity contribution in [2.24, 2.45) is 40.4 Å². The summed E-state index contributed by atoms with van der Waals surface area (Å²) in [5, 5.41) is 27.9. The van der Waals surface area contributed by atoms with Crippen molar-refractivity contribution in [3.8, 4) is 34.5 Å². The van der Waals surface area contributed by atoms with Gasteiger partial charge in [0.25, 0.3) is 43.2 Å². The van der Waals surface area contributed by atoms with Gasteiger partial charge < -0.3 is 43.5 Å². The van der Waals surface area contributed by atoms with Crippen molar-refractivity contribution in [1.82, 2.24) is 39.2 Å². The number of hydrogen-bond donors (Lipinski definition) is 4. The summed E-state index contributed by atoms with van der Waals surface area (Å²) < 4.78 is 90.6. The van der Waals surface area contributed by atoms with Crippen LogP contribution in [0.1, 0.15) is 174 Å². The van der Waals surface area contributed by atoms with E-state index in [2.05, 4.69) is 108 Å². The number of benzene rings is 6. The number of aromatic nitrogens is 4. The van der Waals surface area contributed by atoms with Gasteiger partial charge in [-0.1, -0.05) is 106 Å². The van der Waals surface area contributed by atoms with Crippen LogP contribution in [-0.2, 0) is 37.6 Å². The summed E-state index contributed by atoms with van der Waals surface area (Å²) in [5.74, 6) is 1.06. The van der Waals surface area contributed by atoms with Crippen molar-refractivity contribution in [1.29, 1.82) is 0 Å². The number of pyridine rings is 2. The lowest BCUT2D eigenvalue weighted by Gasteiger charge is -2.39. The number of aromatic amines is 2. The highest BCUT2D eigenvalue weighted by atomic mass is 35.5. The molecule has 4 aliphatic heterocycles. The van der Waals surface area contributed by atoms with Crippen LogP contribution in [0.3, 0.4) is 0 Å². The summed E-state index contributed by atoms with van der Waals surface area (Å²) in [6.45, 7) is 20.2. The largest absolute Gasteiger partial charge is 0.493 e. The molecule has 4 aromatic heterocycles. The van der Waals surface area contributed by atoms with Gasteiger partial charge in [0.1, 0.15) is 45.8 Å². The van der Waals surface area contributed by atoms with Gasteiger partial charge in [0.2, 0.25) is 0 Å². The smallest absolute Gasteiger partial charge is 0.277 e. The van der Waals surface area contributed by atoms with E-state index in [1.54, 1.807) is 68.0 Å². The third-order valence-corrected chi connectivity index (χ3v) is 31.0. The number of nitrogens with zero attached hydrogens (tertiary/aromatic N) is 8. The molecule has 0 bridgehead atoms. The van der Waals surface area contributed by atoms with Gasteiger partial charge in [-0.05, 0) is 226 Å². The summed E-state index contributed by atoms with van der Waals surface area (Å²) in [7, 11) is -7.50. The number of nitro groups is 2. The van der Waals surface area contributed by atoms with Crippen molar-refractivity contribution < 1.29 is 60.0 Å². The lowest BCUT2D eigenvalue weighted by atomic mass is 9.72. The first-order valence-corrected chi connectivity index (χ1v) is 49.0. The van der Waals surface area contributed by atoms with Crippen LogP contribution in [0.5, 0.6) is 34.5 Å². The Morgan fingerprint density at radius 2 is 0.985 bits per heavy atom. The number of piperazine rings is 2. The Morgan fingerprint density at radius 3 is 1.43 bits per heavy atom. The van der Waals surface area contributed by atoms with Crippen molar-refractivity contribution in [3.05, 3.63) is 233 Å². The summed E-state index contributed by atoms with van der Waals surface area (Å²) >= 11 is 12.5. The van der Waals surface area contributed by atoms with E-state index in [9.17, 15) is 46.7 Å². The molecule has 18 rings (SSSR count). The Kier molecular flexibility index (Phi) is 26.9. The number of carbonyl (C=O) groups excluding carboxylic acids is 2. The number of hydrogen-bond acceptors (Lipinski definition) is 21. The number of anilines is 2. The first-order chi connectivity index (χ1) is 62.4. The summed E-state index contributed by atoms with van der Waals surface area (Å²) in [5.41, 5.74) is 11.6. The van der Waals surface area contributed by atoms with Gasteiger partial charge in [0, 0.05) is 159 Å². The number of H-pyrrole nitrogens is 2. The zero-order valence-electron chi connectivity index (χ0n) is 74.3. The number of rotatable bonds is 24. The molecule has 0 radical (unpaired) electrons. The maximum atomic E-state index is 14.1. The average Bonchev–Trinajstić information content (AvgIpc) is 0.837. The molecular formula is C99H112Cl2N12O15S2. The van der Waals surface area contributed by atoms with Crippen LogP contribution >= 0.6 is 23.2 Å². The number of carbonyl (C=O) groups is 2. The predicted molar refractivity (Wildman–Crippen MR) is 504 cm³/mol. The molecular weight excluding hydrogens is 1730 g/mol. The summed E-state index contributed by atoms with van der Waals surface area (Å²) in [4.78, 5) is 75.5. The van der Waals surface area contributed by atoms with Gasteiger partial charge in [-0.2, -0.15) is 0 Å². The fourth-order valence-electron chi connectivity index (χ4n) is 20.3. The predicted octanol–water partition coefficient (Wildman–Crippen LogP) is 20.2. The molecule has 6 aromatic carbocycles. The van der Waals surface area contributed by atoms with Crippen LogP contribution in [0.4, 0.5) is 22.7 Å². The van der Waals surface area contributed by atoms with E-state index < -0.39 is 51.5 Å². The highest BCUT2D eigenvalue weighted by Crippen LogP contribution is 2.49. The number of nitrogens with one attached hydrogen (secondary N) is 4. The normalized spacial score (nSPS) is 21.4. The fourth-order valence-corrected chi connectivity index (χ4v) is 22.6. The molecule has 2 saturated carbocycles. The molecule has 27 nitrogen and oxygen atoms in total. The Balaban J connectivity index is 0.000000182. The van der Waals surface area contributed by atoms with Crippen molar-refractivity contribution >= 4 is 111 Å². The number of ether oxygens (including phenoxy) is 5. The second-order valence-electron chi connectivity index (χ2n) is 38.1. The minimum absolute atomic E-state index is 0.0321. The van der Waals surface area contributed by atoms with Crippen LogP contribution in [0.15, 0.2) is 179 Å². The molecule has 8 heterocycles. The van der Waals surface area contributed by atoms with Crippen LogP contribution < -0.4 is 38.2 Å². The van der Waals surface area contributed by atoms with Crippen LogP contribution in [0.25, 0.3) is 33.2 Å². The van der Waals surface area contributed by atoms with E-state index in [0.717, 1.165) is 206 Å². The number of halogens is 2. The van der Waals surface area contributed by atoms with Crippen molar-refractivity contribution in [2.75, 3.05) is 95.6 Å². The number of allylic oxidation sites excluding steroid dienone is 2. The number of amides is 2. The first-order valence-electron chi connectivity index (χ1n) is 45.3. The zero-order valence-corrected chi connectivity index (χ0v) is 77.4. The van der Waals surface area contributed by atoms with E-state index in [-0.39, 0.29) is 74.3 Å². The molecule has 2 amide bonds. The van der Waals surface area contributed by atoms with E-state index >= 15 is 0 Å². The molecule has 130 heavy (non-hydrogen) atoms. The number of methoxy groups -OCH3 is 1. The van der Waals surface area contributed by atoms with Crippen LogP contribution in [0.2, 0.25) is 10.0 Å². The summed E-state index contributed by atoms with van der Waals surface area (Å²) in [6, 6.07) is 38.5. The molecule has 684 valence electrons. The van der Waals surface area contributed by atoms with E-state index in [1.165, 1.54) is 57.9 Å². The van der Waals surface area contributed by atoms with Crippen LogP contribution in [0, 0.1) is 60.6 Å². The molecule has 10 aromatic rings. The maximum Gasteiger partial charge on any atom is 0.277 e. The Hall–Kier alpha value is -10.9. The number of nitro benzene ring substituents is 2. The molecule has 0 unspecified atom stereocenters. The molecule has 2 atom stereocenters.